The first-order valence-corrected chi connectivity index (χ1v) is 7.18. The van der Waals surface area contributed by atoms with Crippen molar-refractivity contribution in [2.24, 2.45) is 11.7 Å². The molecule has 1 heterocycles. The monoisotopic (exact) mass is 286 g/mol. The third kappa shape index (κ3) is 3.92. The molecular weight excluding hydrogens is 264 g/mol. The number of nitrogens with two attached hydrogens (primary N) is 1. The average molecular weight is 286 g/mol. The summed E-state index contributed by atoms with van der Waals surface area (Å²) >= 11 is 0. The molecule has 0 bridgehead atoms. The third-order valence-electron chi connectivity index (χ3n) is 3.26. The zero-order chi connectivity index (χ0) is 15.2. The number of aromatic nitrogens is 2. The van der Waals surface area contributed by atoms with Gasteiger partial charge in [-0.05, 0) is 17.0 Å². The van der Waals surface area contributed by atoms with Crippen LogP contribution in [0.2, 0.25) is 0 Å². The quantitative estimate of drug-likeness (QED) is 0.851. The Balaban J connectivity index is 2.15. The van der Waals surface area contributed by atoms with Gasteiger partial charge in [0.1, 0.15) is 0 Å². The van der Waals surface area contributed by atoms with E-state index in [0.717, 1.165) is 11.1 Å². The predicted octanol–water partition coefficient (Wildman–Crippen LogP) is 1.97. The van der Waals surface area contributed by atoms with Crippen LogP contribution in [0.5, 0.6) is 0 Å². The summed E-state index contributed by atoms with van der Waals surface area (Å²) in [6.45, 7) is 5.88. The molecule has 0 aliphatic carbocycles. The van der Waals surface area contributed by atoms with Gasteiger partial charge in [-0.15, -0.1) is 0 Å². The molecule has 0 saturated carbocycles. The minimum atomic E-state index is -0.0866. The van der Waals surface area contributed by atoms with Gasteiger partial charge in [-0.2, -0.15) is 0 Å². The minimum absolute atomic E-state index is 0.0866. The first-order valence-electron chi connectivity index (χ1n) is 7.18. The van der Waals surface area contributed by atoms with Crippen LogP contribution in [0.3, 0.4) is 0 Å². The smallest absolute Gasteiger partial charge is 0.293 e. The second-order valence-electron chi connectivity index (χ2n) is 5.45. The van der Waals surface area contributed by atoms with Crippen molar-refractivity contribution < 1.29 is 0 Å². The summed E-state index contributed by atoms with van der Waals surface area (Å²) in [5.74, 6) is 0.792. The normalized spacial score (nSPS) is 10.9. The molecule has 2 aromatic rings. The summed E-state index contributed by atoms with van der Waals surface area (Å²) in [4.78, 5) is 16.4. The number of nitrogens with one attached hydrogen (secondary N) is 1. The Kier molecular flexibility index (Phi) is 5.11. The Hall–Kier alpha value is -2.14. The number of nitrogens with zero attached hydrogens (tertiary/aromatic N) is 2. The van der Waals surface area contributed by atoms with Gasteiger partial charge in [-0.1, -0.05) is 38.1 Å². The molecule has 0 fully saturated rings. The van der Waals surface area contributed by atoms with Crippen LogP contribution in [0.15, 0.2) is 41.5 Å². The topological polar surface area (TPSA) is 72.9 Å². The molecule has 5 nitrogen and oxygen atoms in total. The Morgan fingerprint density at radius 2 is 2.00 bits per heavy atom. The van der Waals surface area contributed by atoms with Gasteiger partial charge in [0, 0.05) is 32.0 Å². The van der Waals surface area contributed by atoms with Crippen molar-refractivity contribution >= 4 is 5.82 Å². The van der Waals surface area contributed by atoms with Crippen LogP contribution in [-0.2, 0) is 19.6 Å². The highest BCUT2D eigenvalue weighted by atomic mass is 16.1. The van der Waals surface area contributed by atoms with Crippen LogP contribution in [0.25, 0.3) is 0 Å². The summed E-state index contributed by atoms with van der Waals surface area (Å²) < 4.78 is 1.69. The van der Waals surface area contributed by atoms with Crippen LogP contribution >= 0.6 is 0 Å². The van der Waals surface area contributed by atoms with Crippen molar-refractivity contribution in [3.63, 3.8) is 0 Å². The van der Waals surface area contributed by atoms with E-state index in [2.05, 4.69) is 24.1 Å². The molecule has 1 aromatic carbocycles. The SMILES string of the molecule is CC(C)Cn1ccnc(NCc2ccccc2CN)c1=O. The van der Waals surface area contributed by atoms with E-state index >= 15 is 0 Å². The first kappa shape index (κ1) is 15.3. The maximum atomic E-state index is 12.3. The lowest BCUT2D eigenvalue weighted by atomic mass is 10.1. The van der Waals surface area contributed by atoms with E-state index in [4.69, 9.17) is 5.73 Å². The number of hydrogen-bond donors (Lipinski definition) is 2. The van der Waals surface area contributed by atoms with E-state index in [0.29, 0.717) is 31.4 Å². The molecule has 0 aliphatic rings. The van der Waals surface area contributed by atoms with E-state index in [1.54, 1.807) is 17.0 Å². The highest BCUT2D eigenvalue weighted by Gasteiger charge is 2.07. The summed E-state index contributed by atoms with van der Waals surface area (Å²) in [6.07, 6.45) is 3.38. The van der Waals surface area contributed by atoms with E-state index in [1.165, 1.54) is 0 Å². The third-order valence-corrected chi connectivity index (χ3v) is 3.26. The predicted molar refractivity (Wildman–Crippen MR) is 85.0 cm³/mol. The van der Waals surface area contributed by atoms with E-state index in [9.17, 15) is 4.79 Å². The molecule has 0 spiro atoms. The fourth-order valence-corrected chi connectivity index (χ4v) is 2.21. The summed E-state index contributed by atoms with van der Waals surface area (Å²) in [6, 6.07) is 7.92. The highest BCUT2D eigenvalue weighted by molar-refractivity contribution is 5.35. The lowest BCUT2D eigenvalue weighted by molar-refractivity contribution is 0.509. The van der Waals surface area contributed by atoms with Gasteiger partial charge >= 0.3 is 0 Å². The largest absolute Gasteiger partial charge is 0.361 e. The van der Waals surface area contributed by atoms with Crippen LogP contribution in [0, 0.1) is 5.92 Å². The van der Waals surface area contributed by atoms with E-state index in [-0.39, 0.29) is 5.56 Å². The Labute approximate surface area is 124 Å². The van der Waals surface area contributed by atoms with Crippen molar-refractivity contribution in [2.75, 3.05) is 5.32 Å². The van der Waals surface area contributed by atoms with Crippen molar-refractivity contribution in [1.29, 1.82) is 0 Å². The first-order chi connectivity index (χ1) is 10.1. The number of benzene rings is 1. The molecule has 0 radical (unpaired) electrons. The summed E-state index contributed by atoms with van der Waals surface area (Å²) in [5.41, 5.74) is 7.79. The number of anilines is 1. The van der Waals surface area contributed by atoms with Crippen molar-refractivity contribution in [1.82, 2.24) is 9.55 Å². The molecule has 2 rings (SSSR count). The van der Waals surface area contributed by atoms with Crippen molar-refractivity contribution in [3.8, 4) is 0 Å². The lowest BCUT2D eigenvalue weighted by Crippen LogP contribution is -2.26. The number of hydrogen-bond acceptors (Lipinski definition) is 4. The van der Waals surface area contributed by atoms with Gasteiger partial charge in [0.05, 0.1) is 0 Å². The van der Waals surface area contributed by atoms with Gasteiger partial charge in [-0.25, -0.2) is 4.98 Å². The van der Waals surface area contributed by atoms with Crippen molar-refractivity contribution in [3.05, 3.63) is 58.1 Å². The minimum Gasteiger partial charge on any atom is -0.361 e. The van der Waals surface area contributed by atoms with Crippen LogP contribution < -0.4 is 16.6 Å². The zero-order valence-corrected chi connectivity index (χ0v) is 12.5. The maximum absolute atomic E-state index is 12.3. The Morgan fingerprint density at radius 1 is 1.29 bits per heavy atom. The molecule has 0 atom stereocenters. The second-order valence-corrected chi connectivity index (χ2v) is 5.45. The molecule has 3 N–H and O–H groups in total. The van der Waals surface area contributed by atoms with Crippen LogP contribution in [0.4, 0.5) is 5.82 Å². The highest BCUT2D eigenvalue weighted by Crippen LogP contribution is 2.09. The molecule has 0 unspecified atom stereocenters. The fourth-order valence-electron chi connectivity index (χ4n) is 2.21. The molecule has 0 aliphatic heterocycles. The molecule has 21 heavy (non-hydrogen) atoms. The lowest BCUT2D eigenvalue weighted by Gasteiger charge is -2.12. The fraction of sp³-hybridized carbons (Fsp3) is 0.375. The van der Waals surface area contributed by atoms with Crippen LogP contribution in [0.1, 0.15) is 25.0 Å². The molecular formula is C16H22N4O. The van der Waals surface area contributed by atoms with Gasteiger partial charge in [0.25, 0.3) is 5.56 Å². The molecule has 5 heteroatoms. The zero-order valence-electron chi connectivity index (χ0n) is 12.5. The maximum Gasteiger partial charge on any atom is 0.293 e. The summed E-state index contributed by atoms with van der Waals surface area (Å²) in [7, 11) is 0. The van der Waals surface area contributed by atoms with Gasteiger partial charge in [0.2, 0.25) is 0 Å². The van der Waals surface area contributed by atoms with Crippen LogP contribution in [-0.4, -0.2) is 9.55 Å². The molecule has 0 saturated heterocycles. The standard InChI is InChI=1S/C16H22N4O/c1-12(2)11-20-8-7-18-15(16(20)21)19-10-14-6-4-3-5-13(14)9-17/h3-8,12H,9-11,17H2,1-2H3,(H,18,19). The van der Waals surface area contributed by atoms with Crippen molar-refractivity contribution in [2.45, 2.75) is 33.5 Å². The van der Waals surface area contributed by atoms with Gasteiger partial charge < -0.3 is 15.6 Å². The summed E-state index contributed by atoms with van der Waals surface area (Å²) in [5, 5.41) is 3.12. The average Bonchev–Trinajstić information content (AvgIpc) is 2.48. The van der Waals surface area contributed by atoms with E-state index < -0.39 is 0 Å². The van der Waals surface area contributed by atoms with Gasteiger partial charge in [0.15, 0.2) is 5.82 Å². The Bertz CT molecular complexity index is 649. The van der Waals surface area contributed by atoms with E-state index in [1.807, 2.05) is 24.3 Å². The molecule has 112 valence electrons. The number of rotatable bonds is 6. The Morgan fingerprint density at radius 3 is 2.67 bits per heavy atom. The molecule has 0 amide bonds. The molecule has 1 aromatic heterocycles. The van der Waals surface area contributed by atoms with Gasteiger partial charge in [-0.3, -0.25) is 4.79 Å². The second kappa shape index (κ2) is 7.04.